The number of rotatable bonds is 5. The van der Waals surface area contributed by atoms with Gasteiger partial charge in [-0.3, -0.25) is 9.98 Å². The first-order valence-corrected chi connectivity index (χ1v) is 7.42. The zero-order valence-corrected chi connectivity index (χ0v) is 13.4. The lowest BCUT2D eigenvalue weighted by atomic mass is 9.94. The van der Waals surface area contributed by atoms with Crippen LogP contribution in [0.1, 0.15) is 11.1 Å². The summed E-state index contributed by atoms with van der Waals surface area (Å²) < 4.78 is 0.877. The highest BCUT2D eigenvalue weighted by atomic mass is 79.9. The van der Waals surface area contributed by atoms with E-state index in [0.29, 0.717) is 29.7 Å². The SMILES string of the molecule is [B]c1ccc(O)c(C=NCCN=Cc2cc(Br)ccc2O)c1. The lowest BCUT2D eigenvalue weighted by Gasteiger charge is -2.00. The molecule has 2 aromatic carbocycles. The number of phenolic OH excluding ortho intramolecular Hbond substituents is 2. The third-order valence-electron chi connectivity index (χ3n) is 2.86. The number of phenols is 2. The second kappa shape index (κ2) is 7.80. The van der Waals surface area contributed by atoms with Crippen molar-refractivity contribution in [1.29, 1.82) is 0 Å². The van der Waals surface area contributed by atoms with Crippen LogP contribution in [0.2, 0.25) is 0 Å². The fourth-order valence-electron chi connectivity index (χ4n) is 1.75. The molecule has 0 heterocycles. The van der Waals surface area contributed by atoms with E-state index >= 15 is 0 Å². The number of hydrogen-bond acceptors (Lipinski definition) is 4. The highest BCUT2D eigenvalue weighted by Gasteiger charge is 1.98. The van der Waals surface area contributed by atoms with E-state index < -0.39 is 0 Å². The fraction of sp³-hybridized carbons (Fsp3) is 0.125. The van der Waals surface area contributed by atoms with E-state index in [1.54, 1.807) is 42.8 Å². The van der Waals surface area contributed by atoms with Gasteiger partial charge in [0.25, 0.3) is 0 Å². The van der Waals surface area contributed by atoms with Gasteiger partial charge in [0, 0.05) is 28.0 Å². The molecule has 0 amide bonds. The molecule has 0 atom stereocenters. The molecule has 2 N–H and O–H groups in total. The minimum atomic E-state index is 0.139. The Morgan fingerprint density at radius 1 is 0.909 bits per heavy atom. The number of aliphatic imine (C=N–C) groups is 2. The summed E-state index contributed by atoms with van der Waals surface area (Å²) in [7, 11) is 5.65. The number of aromatic hydroxyl groups is 2. The zero-order valence-electron chi connectivity index (χ0n) is 11.8. The van der Waals surface area contributed by atoms with Crippen LogP contribution in [0.3, 0.4) is 0 Å². The molecule has 0 aromatic heterocycles. The molecule has 6 heteroatoms. The van der Waals surface area contributed by atoms with E-state index in [4.69, 9.17) is 7.85 Å². The molecule has 0 aliphatic carbocycles. The molecule has 22 heavy (non-hydrogen) atoms. The van der Waals surface area contributed by atoms with Crippen molar-refractivity contribution in [2.45, 2.75) is 0 Å². The van der Waals surface area contributed by atoms with Gasteiger partial charge in [0.15, 0.2) is 0 Å². The smallest absolute Gasteiger partial charge is 0.124 e. The summed E-state index contributed by atoms with van der Waals surface area (Å²) in [5.41, 5.74) is 1.79. The van der Waals surface area contributed by atoms with E-state index in [-0.39, 0.29) is 11.5 Å². The van der Waals surface area contributed by atoms with Crippen molar-refractivity contribution in [2.24, 2.45) is 9.98 Å². The van der Waals surface area contributed by atoms with E-state index in [1.165, 1.54) is 6.07 Å². The minimum absolute atomic E-state index is 0.139. The molecule has 0 spiro atoms. The number of halogens is 1. The van der Waals surface area contributed by atoms with Crippen LogP contribution in [0.4, 0.5) is 0 Å². The summed E-state index contributed by atoms with van der Waals surface area (Å²) in [6.07, 6.45) is 3.17. The number of hydrogen-bond donors (Lipinski definition) is 2. The van der Waals surface area contributed by atoms with Gasteiger partial charge in [-0.1, -0.05) is 33.5 Å². The quantitative estimate of drug-likeness (QED) is 0.490. The van der Waals surface area contributed by atoms with E-state index in [0.717, 1.165) is 4.47 Å². The highest BCUT2D eigenvalue weighted by molar-refractivity contribution is 9.10. The van der Waals surface area contributed by atoms with Gasteiger partial charge in [-0.2, -0.15) is 0 Å². The molecule has 2 aromatic rings. The third-order valence-corrected chi connectivity index (χ3v) is 3.35. The van der Waals surface area contributed by atoms with Crippen molar-refractivity contribution in [1.82, 2.24) is 0 Å². The van der Waals surface area contributed by atoms with Crippen LogP contribution in [-0.4, -0.2) is 43.6 Å². The first-order valence-electron chi connectivity index (χ1n) is 6.63. The van der Waals surface area contributed by atoms with Crippen molar-refractivity contribution in [3.63, 3.8) is 0 Å². The van der Waals surface area contributed by atoms with Crippen molar-refractivity contribution in [3.05, 3.63) is 52.0 Å². The Bertz CT molecular complexity index is 656. The van der Waals surface area contributed by atoms with Gasteiger partial charge in [-0.25, -0.2) is 0 Å². The van der Waals surface area contributed by atoms with Gasteiger partial charge >= 0.3 is 0 Å². The molecule has 0 unspecified atom stereocenters. The molecule has 2 radical (unpaired) electrons. The Kier molecular flexibility index (Phi) is 5.78. The molecular formula is C16H14BBrN2O2. The van der Waals surface area contributed by atoms with Crippen molar-refractivity contribution >= 4 is 41.7 Å². The molecule has 0 aliphatic heterocycles. The maximum Gasteiger partial charge on any atom is 0.124 e. The zero-order chi connectivity index (χ0) is 15.9. The molecule has 110 valence electrons. The fourth-order valence-corrected chi connectivity index (χ4v) is 2.13. The Labute approximate surface area is 138 Å². The van der Waals surface area contributed by atoms with E-state index in [2.05, 4.69) is 25.9 Å². The van der Waals surface area contributed by atoms with Crippen LogP contribution in [0.25, 0.3) is 0 Å². The second-order valence-corrected chi connectivity index (χ2v) is 5.51. The predicted molar refractivity (Wildman–Crippen MR) is 94.2 cm³/mol. The van der Waals surface area contributed by atoms with Crippen LogP contribution < -0.4 is 5.46 Å². The average molecular weight is 357 g/mol. The standard InChI is InChI=1S/C16H14BBrN2O2/c17-13-1-3-15(21)11(7-13)9-19-5-6-20-10-12-8-14(18)2-4-16(12)22/h1-4,7-10,21-22H,5-6H2. The first-order chi connectivity index (χ1) is 10.6. The summed E-state index contributed by atoms with van der Waals surface area (Å²) in [5.74, 6) is 0.320. The molecule has 0 saturated heterocycles. The number of nitrogens with zero attached hydrogens (tertiary/aromatic N) is 2. The van der Waals surface area contributed by atoms with Gasteiger partial charge < -0.3 is 10.2 Å². The maximum absolute atomic E-state index is 9.66. The Morgan fingerprint density at radius 3 is 2.09 bits per heavy atom. The van der Waals surface area contributed by atoms with Crippen LogP contribution in [-0.2, 0) is 0 Å². The average Bonchev–Trinajstić information content (AvgIpc) is 2.49. The molecule has 4 nitrogen and oxygen atoms in total. The molecule has 0 aliphatic rings. The molecule has 0 bridgehead atoms. The summed E-state index contributed by atoms with van der Waals surface area (Å²) in [6.45, 7) is 0.949. The minimum Gasteiger partial charge on any atom is -0.507 e. The van der Waals surface area contributed by atoms with Crippen LogP contribution >= 0.6 is 15.9 Å². The lowest BCUT2D eigenvalue weighted by molar-refractivity contribution is 0.474. The summed E-state index contributed by atoms with van der Waals surface area (Å²) in [4.78, 5) is 8.40. The van der Waals surface area contributed by atoms with E-state index in [1.807, 2.05) is 0 Å². The summed E-state index contributed by atoms with van der Waals surface area (Å²) in [6, 6.07) is 9.96. The van der Waals surface area contributed by atoms with Crippen LogP contribution in [0.15, 0.2) is 50.9 Å². The van der Waals surface area contributed by atoms with Crippen molar-refractivity contribution in [2.75, 3.05) is 13.1 Å². The Balaban J connectivity index is 1.89. The Morgan fingerprint density at radius 2 is 1.45 bits per heavy atom. The molecule has 0 saturated carbocycles. The summed E-state index contributed by atoms with van der Waals surface area (Å²) >= 11 is 3.34. The van der Waals surface area contributed by atoms with Gasteiger partial charge in [0.2, 0.25) is 0 Å². The van der Waals surface area contributed by atoms with E-state index in [9.17, 15) is 10.2 Å². The largest absolute Gasteiger partial charge is 0.507 e. The second-order valence-electron chi connectivity index (χ2n) is 4.59. The third kappa shape index (κ3) is 4.74. The number of benzene rings is 2. The maximum atomic E-state index is 9.66. The first kappa shape index (κ1) is 16.3. The predicted octanol–water partition coefficient (Wildman–Crippen LogP) is 2.19. The van der Waals surface area contributed by atoms with Crippen molar-refractivity contribution in [3.8, 4) is 11.5 Å². The molecule has 0 fully saturated rings. The molecular weight excluding hydrogens is 343 g/mol. The molecule has 2 rings (SSSR count). The monoisotopic (exact) mass is 356 g/mol. The van der Waals surface area contributed by atoms with Crippen LogP contribution in [0, 0.1) is 0 Å². The van der Waals surface area contributed by atoms with Gasteiger partial charge in [0.1, 0.15) is 19.3 Å². The lowest BCUT2D eigenvalue weighted by Crippen LogP contribution is -2.02. The summed E-state index contributed by atoms with van der Waals surface area (Å²) in [5, 5.41) is 19.3. The highest BCUT2D eigenvalue weighted by Crippen LogP contribution is 2.20. The van der Waals surface area contributed by atoms with Crippen molar-refractivity contribution < 1.29 is 10.2 Å². The van der Waals surface area contributed by atoms with Gasteiger partial charge in [-0.15, -0.1) is 0 Å². The van der Waals surface area contributed by atoms with Gasteiger partial charge in [0.05, 0.1) is 13.1 Å². The van der Waals surface area contributed by atoms with Gasteiger partial charge in [-0.05, 0) is 24.3 Å². The van der Waals surface area contributed by atoms with Crippen LogP contribution in [0.5, 0.6) is 11.5 Å². The Hall–Kier alpha value is -2.08. The topological polar surface area (TPSA) is 65.2 Å². The normalized spacial score (nSPS) is 11.5.